The van der Waals surface area contributed by atoms with Crippen molar-refractivity contribution in [3.05, 3.63) is 24.2 Å². The fourth-order valence-corrected chi connectivity index (χ4v) is 1.85. The molecule has 0 saturated heterocycles. The van der Waals surface area contributed by atoms with Gasteiger partial charge < -0.3 is 18.6 Å². The fraction of sp³-hybridized carbons (Fsp3) is 0.308. The lowest BCUT2D eigenvalue weighted by molar-refractivity contribution is 0.324. The summed E-state index contributed by atoms with van der Waals surface area (Å²) in [5.74, 6) is 2.93. The van der Waals surface area contributed by atoms with Gasteiger partial charge in [-0.25, -0.2) is 4.98 Å². The van der Waals surface area contributed by atoms with Gasteiger partial charge in [-0.05, 0) is 12.1 Å². The Morgan fingerprint density at radius 1 is 1.11 bits per heavy atom. The summed E-state index contributed by atoms with van der Waals surface area (Å²) in [7, 11) is 4.68. The summed E-state index contributed by atoms with van der Waals surface area (Å²) >= 11 is 5.67. The van der Waals surface area contributed by atoms with Gasteiger partial charge in [0.15, 0.2) is 17.3 Å². The number of ether oxygens (including phenoxy) is 3. The average Bonchev–Trinajstić information content (AvgIpc) is 2.94. The van der Waals surface area contributed by atoms with Crippen molar-refractivity contribution >= 4 is 11.6 Å². The molecule has 5 nitrogen and oxygen atoms in total. The maximum Gasteiger partial charge on any atom is 0.209 e. The van der Waals surface area contributed by atoms with Crippen molar-refractivity contribution in [1.29, 1.82) is 0 Å². The van der Waals surface area contributed by atoms with E-state index in [1.807, 2.05) is 0 Å². The second kappa shape index (κ2) is 5.84. The first-order valence-corrected chi connectivity index (χ1v) is 6.08. The van der Waals surface area contributed by atoms with Gasteiger partial charge in [0.05, 0.1) is 33.4 Å². The lowest BCUT2D eigenvalue weighted by Crippen LogP contribution is -1.95. The maximum atomic E-state index is 5.67. The number of benzene rings is 1. The zero-order chi connectivity index (χ0) is 13.8. The van der Waals surface area contributed by atoms with Crippen LogP contribution >= 0.6 is 11.6 Å². The van der Waals surface area contributed by atoms with Crippen molar-refractivity contribution < 1.29 is 18.6 Å². The van der Waals surface area contributed by atoms with Gasteiger partial charge in [0, 0.05) is 5.56 Å². The van der Waals surface area contributed by atoms with E-state index in [1.165, 1.54) is 0 Å². The van der Waals surface area contributed by atoms with Crippen LogP contribution in [0.25, 0.3) is 11.3 Å². The first kappa shape index (κ1) is 13.5. The van der Waals surface area contributed by atoms with E-state index in [1.54, 1.807) is 39.7 Å². The van der Waals surface area contributed by atoms with E-state index in [4.69, 9.17) is 30.2 Å². The van der Waals surface area contributed by atoms with Crippen LogP contribution in [0.3, 0.4) is 0 Å². The summed E-state index contributed by atoms with van der Waals surface area (Å²) in [6.45, 7) is 0. The minimum absolute atomic E-state index is 0.227. The first-order chi connectivity index (χ1) is 9.23. The molecule has 0 N–H and O–H groups in total. The van der Waals surface area contributed by atoms with Crippen LogP contribution in [-0.2, 0) is 5.88 Å². The molecule has 0 aliphatic rings. The van der Waals surface area contributed by atoms with E-state index >= 15 is 0 Å². The topological polar surface area (TPSA) is 53.7 Å². The molecule has 6 heteroatoms. The van der Waals surface area contributed by atoms with Crippen molar-refractivity contribution in [1.82, 2.24) is 4.98 Å². The van der Waals surface area contributed by atoms with E-state index in [9.17, 15) is 0 Å². The molecule has 0 amide bonds. The van der Waals surface area contributed by atoms with E-state index in [0.29, 0.717) is 28.9 Å². The lowest BCUT2D eigenvalue weighted by atomic mass is 10.1. The molecule has 2 rings (SSSR count). The summed E-state index contributed by atoms with van der Waals surface area (Å²) in [4.78, 5) is 4.05. The SMILES string of the molecule is COc1cc(-c2cnc(CCl)o2)cc(OC)c1OC. The van der Waals surface area contributed by atoms with E-state index in [0.717, 1.165) is 5.56 Å². The molecule has 1 aromatic carbocycles. The number of rotatable bonds is 5. The molecule has 102 valence electrons. The number of alkyl halides is 1. The Morgan fingerprint density at radius 2 is 1.74 bits per heavy atom. The van der Waals surface area contributed by atoms with Crippen LogP contribution in [0.1, 0.15) is 5.89 Å². The summed E-state index contributed by atoms with van der Waals surface area (Å²) in [5.41, 5.74) is 0.776. The Hall–Kier alpha value is -1.88. The molecule has 0 radical (unpaired) electrons. The fourth-order valence-electron chi connectivity index (χ4n) is 1.73. The molecular weight excluding hydrogens is 270 g/mol. The smallest absolute Gasteiger partial charge is 0.209 e. The van der Waals surface area contributed by atoms with Crippen LogP contribution < -0.4 is 14.2 Å². The van der Waals surface area contributed by atoms with Crippen molar-refractivity contribution in [3.63, 3.8) is 0 Å². The van der Waals surface area contributed by atoms with Crippen LogP contribution in [0.4, 0.5) is 0 Å². The van der Waals surface area contributed by atoms with Crippen molar-refractivity contribution in [2.75, 3.05) is 21.3 Å². The highest BCUT2D eigenvalue weighted by Gasteiger charge is 2.16. The Labute approximate surface area is 116 Å². The maximum absolute atomic E-state index is 5.67. The third-order valence-corrected chi connectivity index (χ3v) is 2.85. The normalized spacial score (nSPS) is 10.3. The van der Waals surface area contributed by atoms with Gasteiger partial charge in [0.1, 0.15) is 0 Å². The number of methoxy groups -OCH3 is 3. The lowest BCUT2D eigenvalue weighted by Gasteiger charge is -2.13. The van der Waals surface area contributed by atoms with Gasteiger partial charge in [-0.3, -0.25) is 0 Å². The molecule has 0 atom stereocenters. The number of hydrogen-bond donors (Lipinski definition) is 0. The van der Waals surface area contributed by atoms with Crippen molar-refractivity contribution in [2.45, 2.75) is 5.88 Å². The highest BCUT2D eigenvalue weighted by atomic mass is 35.5. The van der Waals surface area contributed by atoms with E-state index < -0.39 is 0 Å². The van der Waals surface area contributed by atoms with Gasteiger partial charge in [-0.1, -0.05) is 0 Å². The molecule has 1 aromatic heterocycles. The third-order valence-electron chi connectivity index (χ3n) is 2.62. The van der Waals surface area contributed by atoms with Crippen LogP contribution in [0.5, 0.6) is 17.2 Å². The number of halogens is 1. The predicted molar refractivity (Wildman–Crippen MR) is 71.2 cm³/mol. The summed E-state index contributed by atoms with van der Waals surface area (Å²) in [6, 6.07) is 3.58. The number of oxazole rings is 1. The standard InChI is InChI=1S/C13H14ClNO4/c1-16-9-4-8(5-10(17-2)13(9)18-3)11-7-15-12(6-14)19-11/h4-5,7H,6H2,1-3H3. The van der Waals surface area contributed by atoms with Crippen molar-refractivity contribution in [2.24, 2.45) is 0 Å². The molecule has 0 aliphatic heterocycles. The average molecular weight is 284 g/mol. The second-order valence-electron chi connectivity index (χ2n) is 3.67. The quantitative estimate of drug-likeness (QED) is 0.789. The van der Waals surface area contributed by atoms with Gasteiger partial charge in [0.25, 0.3) is 0 Å². The zero-order valence-electron chi connectivity index (χ0n) is 10.9. The first-order valence-electron chi connectivity index (χ1n) is 5.54. The Balaban J connectivity index is 2.51. The van der Waals surface area contributed by atoms with Crippen LogP contribution in [0.2, 0.25) is 0 Å². The Bertz CT molecular complexity index is 543. The molecule has 0 spiro atoms. The summed E-state index contributed by atoms with van der Waals surface area (Å²) in [5, 5.41) is 0. The van der Waals surface area contributed by atoms with Gasteiger partial charge in [-0.2, -0.15) is 0 Å². The molecule has 2 aromatic rings. The minimum atomic E-state index is 0.227. The largest absolute Gasteiger partial charge is 0.493 e. The molecular formula is C13H14ClNO4. The van der Waals surface area contributed by atoms with Gasteiger partial charge >= 0.3 is 0 Å². The molecule has 0 saturated carbocycles. The Morgan fingerprint density at radius 3 is 2.16 bits per heavy atom. The molecule has 19 heavy (non-hydrogen) atoms. The molecule has 0 unspecified atom stereocenters. The monoisotopic (exact) mass is 283 g/mol. The van der Waals surface area contributed by atoms with Gasteiger partial charge in [-0.15, -0.1) is 11.6 Å². The van der Waals surface area contributed by atoms with Gasteiger partial charge in [0.2, 0.25) is 11.6 Å². The molecule has 0 aliphatic carbocycles. The molecule has 1 heterocycles. The zero-order valence-corrected chi connectivity index (χ0v) is 11.7. The third kappa shape index (κ3) is 2.61. The highest BCUT2D eigenvalue weighted by molar-refractivity contribution is 6.16. The van der Waals surface area contributed by atoms with E-state index in [-0.39, 0.29) is 5.88 Å². The number of hydrogen-bond acceptors (Lipinski definition) is 5. The molecule has 0 fully saturated rings. The summed E-state index contributed by atoms with van der Waals surface area (Å²) in [6.07, 6.45) is 1.61. The summed E-state index contributed by atoms with van der Waals surface area (Å²) < 4.78 is 21.3. The number of nitrogens with zero attached hydrogens (tertiary/aromatic N) is 1. The van der Waals surface area contributed by atoms with Crippen molar-refractivity contribution in [3.8, 4) is 28.6 Å². The van der Waals surface area contributed by atoms with E-state index in [2.05, 4.69) is 4.98 Å². The predicted octanol–water partition coefficient (Wildman–Crippen LogP) is 3.11. The van der Waals surface area contributed by atoms with Crippen LogP contribution in [0.15, 0.2) is 22.7 Å². The second-order valence-corrected chi connectivity index (χ2v) is 3.93. The Kier molecular flexibility index (Phi) is 4.16. The minimum Gasteiger partial charge on any atom is -0.493 e. The number of aromatic nitrogens is 1. The highest BCUT2D eigenvalue weighted by Crippen LogP contribution is 2.41. The van der Waals surface area contributed by atoms with Crippen LogP contribution in [0, 0.1) is 0 Å². The van der Waals surface area contributed by atoms with Crippen LogP contribution in [-0.4, -0.2) is 26.3 Å². The molecule has 0 bridgehead atoms.